The molecule has 6 nitrogen and oxygen atoms in total. The number of aliphatic hydroxyl groups excluding tert-OH is 1. The maximum atomic E-state index is 12.1. The topological polar surface area (TPSA) is 78.9 Å². The fourth-order valence-electron chi connectivity index (χ4n) is 2.21. The van der Waals surface area contributed by atoms with Gasteiger partial charge in [0.1, 0.15) is 0 Å². The molecule has 1 aromatic rings. The second kappa shape index (κ2) is 8.11. The zero-order valence-corrected chi connectivity index (χ0v) is 12.6. The van der Waals surface area contributed by atoms with Gasteiger partial charge in [0.15, 0.2) is 0 Å². The highest BCUT2D eigenvalue weighted by Crippen LogP contribution is 2.10. The van der Waals surface area contributed by atoms with Crippen molar-refractivity contribution < 1.29 is 19.4 Å². The summed E-state index contributed by atoms with van der Waals surface area (Å²) < 4.78 is 5.24. The summed E-state index contributed by atoms with van der Waals surface area (Å²) in [5.41, 5.74) is 0. The van der Waals surface area contributed by atoms with Crippen molar-refractivity contribution in [3.05, 3.63) is 22.4 Å². The first-order valence-electron chi connectivity index (χ1n) is 7.02. The maximum absolute atomic E-state index is 12.1. The van der Waals surface area contributed by atoms with Gasteiger partial charge in [-0.2, -0.15) is 0 Å². The summed E-state index contributed by atoms with van der Waals surface area (Å²) >= 11 is 1.39. The molecule has 1 aliphatic heterocycles. The molecule has 0 bridgehead atoms. The Labute approximate surface area is 127 Å². The average molecular weight is 312 g/mol. The summed E-state index contributed by atoms with van der Waals surface area (Å²) in [5.74, 6) is -0.0974. The normalized spacial score (nSPS) is 18.5. The average Bonchev–Trinajstić information content (AvgIpc) is 3.05. The number of carbonyl (C=O) groups is 2. The van der Waals surface area contributed by atoms with Gasteiger partial charge in [0.25, 0.3) is 5.91 Å². The molecule has 0 aliphatic carbocycles. The van der Waals surface area contributed by atoms with Gasteiger partial charge >= 0.3 is 0 Å². The highest BCUT2D eigenvalue weighted by molar-refractivity contribution is 7.12. The Morgan fingerprint density at radius 3 is 3.10 bits per heavy atom. The summed E-state index contributed by atoms with van der Waals surface area (Å²) in [6.45, 7) is 1.80. The van der Waals surface area contributed by atoms with Crippen molar-refractivity contribution in [1.82, 2.24) is 10.2 Å². The van der Waals surface area contributed by atoms with Crippen LogP contribution in [0.25, 0.3) is 0 Å². The minimum atomic E-state index is -0.244. The minimum Gasteiger partial charge on any atom is -0.394 e. The number of amides is 2. The van der Waals surface area contributed by atoms with Crippen LogP contribution in [0.4, 0.5) is 0 Å². The molecule has 116 valence electrons. The Bertz CT molecular complexity index is 464. The first kappa shape index (κ1) is 15.9. The van der Waals surface area contributed by atoms with Crippen molar-refractivity contribution in [2.45, 2.75) is 18.9 Å². The third-order valence-electron chi connectivity index (χ3n) is 3.36. The van der Waals surface area contributed by atoms with Gasteiger partial charge in [-0.3, -0.25) is 9.59 Å². The molecule has 1 unspecified atom stereocenters. The molecule has 0 radical (unpaired) electrons. The number of morpholine rings is 1. The Balaban J connectivity index is 1.68. The second-order valence-electron chi connectivity index (χ2n) is 4.84. The number of carbonyl (C=O) groups excluding carboxylic acids is 2. The fraction of sp³-hybridized carbons (Fsp3) is 0.571. The number of thiophene rings is 1. The maximum Gasteiger partial charge on any atom is 0.261 e. The molecule has 2 amide bonds. The second-order valence-corrected chi connectivity index (χ2v) is 5.78. The minimum absolute atomic E-state index is 0.00252. The molecule has 7 heteroatoms. The number of nitrogens with one attached hydrogen (secondary N) is 1. The van der Waals surface area contributed by atoms with Crippen LogP contribution in [0, 0.1) is 0 Å². The van der Waals surface area contributed by atoms with E-state index in [1.54, 1.807) is 11.0 Å². The Kier molecular flexibility index (Phi) is 6.16. The van der Waals surface area contributed by atoms with E-state index in [1.807, 2.05) is 11.4 Å². The van der Waals surface area contributed by atoms with E-state index < -0.39 is 0 Å². The lowest BCUT2D eigenvalue weighted by Gasteiger charge is -2.34. The Morgan fingerprint density at radius 2 is 2.38 bits per heavy atom. The molecule has 1 saturated heterocycles. The van der Waals surface area contributed by atoms with Crippen LogP contribution < -0.4 is 5.32 Å². The van der Waals surface area contributed by atoms with Crippen LogP contribution in [0.5, 0.6) is 0 Å². The van der Waals surface area contributed by atoms with Gasteiger partial charge in [0.2, 0.25) is 5.91 Å². The van der Waals surface area contributed by atoms with E-state index in [0.29, 0.717) is 44.0 Å². The summed E-state index contributed by atoms with van der Waals surface area (Å²) in [6.07, 6.45) is 0.951. The number of aliphatic hydroxyl groups is 1. The standard InChI is InChI=1S/C14H20N2O4S/c17-9-11-10-20-7-6-16(11)13(18)4-1-5-15-14(19)12-3-2-8-21-12/h2-3,8,11,17H,1,4-7,9-10H2,(H,15,19). The Morgan fingerprint density at radius 1 is 1.52 bits per heavy atom. The van der Waals surface area contributed by atoms with E-state index in [4.69, 9.17) is 4.74 Å². The number of nitrogens with zero attached hydrogens (tertiary/aromatic N) is 1. The van der Waals surface area contributed by atoms with E-state index in [9.17, 15) is 14.7 Å². The van der Waals surface area contributed by atoms with E-state index in [-0.39, 0.29) is 24.5 Å². The molecule has 2 N–H and O–H groups in total. The van der Waals surface area contributed by atoms with Crippen molar-refractivity contribution in [3.63, 3.8) is 0 Å². The molecule has 1 fully saturated rings. The number of hydrogen-bond acceptors (Lipinski definition) is 5. The molecule has 21 heavy (non-hydrogen) atoms. The number of rotatable bonds is 6. The molecular weight excluding hydrogens is 292 g/mol. The van der Waals surface area contributed by atoms with E-state index in [0.717, 1.165) is 0 Å². The third kappa shape index (κ3) is 4.52. The van der Waals surface area contributed by atoms with Gasteiger partial charge in [0, 0.05) is 19.5 Å². The lowest BCUT2D eigenvalue weighted by atomic mass is 10.2. The number of ether oxygens (including phenoxy) is 1. The lowest BCUT2D eigenvalue weighted by Crippen LogP contribution is -2.50. The summed E-state index contributed by atoms with van der Waals surface area (Å²) in [6, 6.07) is 3.35. The van der Waals surface area contributed by atoms with Crippen molar-refractivity contribution in [1.29, 1.82) is 0 Å². The molecular formula is C14H20N2O4S. The van der Waals surface area contributed by atoms with Gasteiger partial charge in [-0.05, 0) is 17.9 Å². The van der Waals surface area contributed by atoms with Gasteiger partial charge in [0.05, 0.1) is 30.7 Å². The molecule has 0 spiro atoms. The molecule has 2 rings (SSSR count). The predicted octanol–water partition coefficient (Wildman–Crippen LogP) is 0.478. The molecule has 0 saturated carbocycles. The van der Waals surface area contributed by atoms with Crippen molar-refractivity contribution in [3.8, 4) is 0 Å². The van der Waals surface area contributed by atoms with Crippen LogP contribution in [0.2, 0.25) is 0 Å². The number of hydrogen-bond donors (Lipinski definition) is 2. The van der Waals surface area contributed by atoms with Crippen LogP contribution in [0.1, 0.15) is 22.5 Å². The van der Waals surface area contributed by atoms with Gasteiger partial charge in [-0.1, -0.05) is 6.07 Å². The zero-order valence-electron chi connectivity index (χ0n) is 11.8. The largest absolute Gasteiger partial charge is 0.394 e. The summed E-state index contributed by atoms with van der Waals surface area (Å²) in [7, 11) is 0. The van der Waals surface area contributed by atoms with Crippen LogP contribution in [-0.4, -0.2) is 60.8 Å². The Hall–Kier alpha value is -1.44. The monoisotopic (exact) mass is 312 g/mol. The van der Waals surface area contributed by atoms with Crippen LogP contribution in [0.15, 0.2) is 17.5 Å². The summed E-state index contributed by atoms with van der Waals surface area (Å²) in [5, 5.41) is 13.9. The predicted molar refractivity (Wildman–Crippen MR) is 79.3 cm³/mol. The SMILES string of the molecule is O=C(NCCCC(=O)N1CCOCC1CO)c1cccs1. The van der Waals surface area contributed by atoms with Crippen molar-refractivity contribution in [2.75, 3.05) is 32.9 Å². The third-order valence-corrected chi connectivity index (χ3v) is 4.23. The van der Waals surface area contributed by atoms with Crippen molar-refractivity contribution >= 4 is 23.2 Å². The fourth-order valence-corrected chi connectivity index (χ4v) is 2.85. The molecule has 2 heterocycles. The molecule has 1 aromatic heterocycles. The lowest BCUT2D eigenvalue weighted by molar-refractivity contribution is -0.141. The van der Waals surface area contributed by atoms with Crippen molar-refractivity contribution in [2.24, 2.45) is 0 Å². The van der Waals surface area contributed by atoms with Gasteiger partial charge in [-0.15, -0.1) is 11.3 Å². The first-order valence-corrected chi connectivity index (χ1v) is 7.90. The van der Waals surface area contributed by atoms with E-state index in [1.165, 1.54) is 11.3 Å². The smallest absolute Gasteiger partial charge is 0.261 e. The van der Waals surface area contributed by atoms with Gasteiger partial charge in [-0.25, -0.2) is 0 Å². The van der Waals surface area contributed by atoms with Crippen LogP contribution in [-0.2, 0) is 9.53 Å². The van der Waals surface area contributed by atoms with E-state index in [2.05, 4.69) is 5.32 Å². The van der Waals surface area contributed by atoms with E-state index >= 15 is 0 Å². The first-order chi connectivity index (χ1) is 10.2. The van der Waals surface area contributed by atoms with Crippen LogP contribution >= 0.6 is 11.3 Å². The highest BCUT2D eigenvalue weighted by atomic mass is 32.1. The van der Waals surface area contributed by atoms with Crippen LogP contribution in [0.3, 0.4) is 0 Å². The molecule has 0 aromatic carbocycles. The van der Waals surface area contributed by atoms with Gasteiger partial charge < -0.3 is 20.1 Å². The quantitative estimate of drug-likeness (QED) is 0.749. The molecule has 1 atom stereocenters. The zero-order chi connectivity index (χ0) is 15.1. The highest BCUT2D eigenvalue weighted by Gasteiger charge is 2.26. The summed E-state index contributed by atoms with van der Waals surface area (Å²) in [4.78, 5) is 26.1. The molecule has 1 aliphatic rings.